The summed E-state index contributed by atoms with van der Waals surface area (Å²) in [7, 11) is 0. The van der Waals surface area contributed by atoms with Crippen LogP contribution < -0.4 is 5.32 Å². The molecule has 0 aliphatic carbocycles. The molecule has 8 nitrogen and oxygen atoms in total. The van der Waals surface area contributed by atoms with E-state index in [1.807, 2.05) is 0 Å². The van der Waals surface area contributed by atoms with Gasteiger partial charge in [-0.05, 0) is 48.9 Å². The molecule has 2 aromatic heterocycles. The normalized spacial score (nSPS) is 16.9. The van der Waals surface area contributed by atoms with Crippen LogP contribution in [0.1, 0.15) is 35.6 Å². The monoisotopic (exact) mass is 409 g/mol. The molecule has 8 heteroatoms. The van der Waals surface area contributed by atoms with Crippen molar-refractivity contribution < 1.29 is 14.7 Å². The van der Waals surface area contributed by atoms with Crippen LogP contribution in [0.15, 0.2) is 36.7 Å². The number of carboxylic acids is 1. The van der Waals surface area contributed by atoms with E-state index in [0.29, 0.717) is 25.2 Å². The maximum absolute atomic E-state index is 12.7. The number of nitrogens with zero attached hydrogens (tertiary/aromatic N) is 4. The summed E-state index contributed by atoms with van der Waals surface area (Å²) in [5.41, 5.74) is 2.93. The Morgan fingerprint density at radius 3 is 2.90 bits per heavy atom. The number of carbonyl (C=O) groups is 2. The Labute approximate surface area is 175 Å². The number of anilines is 1. The molecule has 2 aromatic rings. The molecule has 1 saturated heterocycles. The highest BCUT2D eigenvalue weighted by Gasteiger charge is 2.32. The average Bonchev–Trinajstić information content (AvgIpc) is 3.11. The summed E-state index contributed by atoms with van der Waals surface area (Å²) in [6, 6.07) is 7.59. The van der Waals surface area contributed by atoms with Crippen LogP contribution in [0.4, 0.5) is 10.6 Å². The smallest absolute Gasteiger partial charge is 0.320 e. The van der Waals surface area contributed by atoms with E-state index in [0.717, 1.165) is 43.7 Å². The van der Waals surface area contributed by atoms with E-state index in [2.05, 4.69) is 22.4 Å². The standard InChI is InChI=1S/C22H27N5O3/c28-21(29)19(17-5-1-9-23-14-17)15-27-13-12-26(22(27)30)11-3-6-18-8-7-16-4-2-10-24-20(16)25-18/h1,5,7-9,14,19H,2-4,6,10-13,15H2,(H,24,25)(H,28,29)/t19-/m1/s1. The zero-order valence-electron chi connectivity index (χ0n) is 17.0. The Morgan fingerprint density at radius 1 is 1.23 bits per heavy atom. The van der Waals surface area contributed by atoms with Gasteiger partial charge >= 0.3 is 12.0 Å². The first-order valence-electron chi connectivity index (χ1n) is 10.5. The topological polar surface area (TPSA) is 98.7 Å². The number of carboxylic acid groups (broad SMARTS) is 1. The summed E-state index contributed by atoms with van der Waals surface area (Å²) in [5.74, 6) is -0.714. The van der Waals surface area contributed by atoms with Crippen LogP contribution in [-0.4, -0.2) is 69.6 Å². The van der Waals surface area contributed by atoms with E-state index < -0.39 is 11.9 Å². The minimum atomic E-state index is -0.943. The largest absolute Gasteiger partial charge is 0.481 e. The second-order valence-corrected chi connectivity index (χ2v) is 7.84. The molecule has 0 unspecified atom stereocenters. The van der Waals surface area contributed by atoms with Crippen LogP contribution >= 0.6 is 0 Å². The number of urea groups is 1. The number of aromatic nitrogens is 2. The zero-order chi connectivity index (χ0) is 20.9. The molecule has 4 heterocycles. The lowest BCUT2D eigenvalue weighted by Crippen LogP contribution is -2.36. The van der Waals surface area contributed by atoms with Crippen molar-refractivity contribution in [3.63, 3.8) is 0 Å². The van der Waals surface area contributed by atoms with E-state index >= 15 is 0 Å². The average molecular weight is 409 g/mol. The van der Waals surface area contributed by atoms with Gasteiger partial charge < -0.3 is 20.2 Å². The van der Waals surface area contributed by atoms with E-state index in [-0.39, 0.29) is 12.6 Å². The quantitative estimate of drug-likeness (QED) is 0.695. The van der Waals surface area contributed by atoms with Crippen LogP contribution in [0.2, 0.25) is 0 Å². The van der Waals surface area contributed by atoms with Gasteiger partial charge in [0.25, 0.3) is 0 Å². The van der Waals surface area contributed by atoms with Crippen molar-refractivity contribution in [2.75, 3.05) is 38.0 Å². The molecule has 0 radical (unpaired) electrons. The molecule has 0 spiro atoms. The maximum atomic E-state index is 12.7. The van der Waals surface area contributed by atoms with Gasteiger partial charge in [-0.15, -0.1) is 0 Å². The molecule has 158 valence electrons. The molecule has 1 fully saturated rings. The molecule has 0 bridgehead atoms. The summed E-state index contributed by atoms with van der Waals surface area (Å²) in [4.78, 5) is 36.6. The number of nitrogens with one attached hydrogen (secondary N) is 1. The third-order valence-corrected chi connectivity index (χ3v) is 5.78. The number of amides is 2. The van der Waals surface area contributed by atoms with Crippen molar-refractivity contribution in [1.82, 2.24) is 19.8 Å². The fourth-order valence-electron chi connectivity index (χ4n) is 4.10. The Bertz CT molecular complexity index is 905. The lowest BCUT2D eigenvalue weighted by molar-refractivity contribution is -0.139. The lowest BCUT2D eigenvalue weighted by Gasteiger charge is -2.22. The van der Waals surface area contributed by atoms with Gasteiger partial charge in [0.1, 0.15) is 11.7 Å². The molecule has 1 atom stereocenters. The molecule has 2 N–H and O–H groups in total. The molecular weight excluding hydrogens is 382 g/mol. The molecule has 30 heavy (non-hydrogen) atoms. The second kappa shape index (κ2) is 9.11. The van der Waals surface area contributed by atoms with Crippen LogP contribution in [-0.2, 0) is 17.6 Å². The van der Waals surface area contributed by atoms with Crippen molar-refractivity contribution in [3.8, 4) is 0 Å². The molecule has 4 rings (SSSR count). The summed E-state index contributed by atoms with van der Waals surface area (Å²) < 4.78 is 0. The number of aliphatic carboxylic acids is 1. The van der Waals surface area contributed by atoms with Gasteiger partial charge in [-0.2, -0.15) is 0 Å². The number of rotatable bonds is 8. The van der Waals surface area contributed by atoms with Crippen molar-refractivity contribution in [3.05, 3.63) is 53.5 Å². The van der Waals surface area contributed by atoms with E-state index in [1.54, 1.807) is 34.3 Å². The van der Waals surface area contributed by atoms with Gasteiger partial charge in [-0.1, -0.05) is 12.1 Å². The predicted molar refractivity (Wildman–Crippen MR) is 113 cm³/mol. The summed E-state index contributed by atoms with van der Waals surface area (Å²) in [6.45, 7) is 2.94. The van der Waals surface area contributed by atoms with Gasteiger partial charge in [-0.25, -0.2) is 9.78 Å². The first-order valence-corrected chi connectivity index (χ1v) is 10.5. The lowest BCUT2D eigenvalue weighted by atomic mass is 10.0. The van der Waals surface area contributed by atoms with Crippen molar-refractivity contribution >= 4 is 17.8 Å². The number of aryl methyl sites for hydroxylation is 2. The Hall–Kier alpha value is -3.16. The summed E-state index contributed by atoms with van der Waals surface area (Å²) >= 11 is 0. The maximum Gasteiger partial charge on any atom is 0.320 e. The third-order valence-electron chi connectivity index (χ3n) is 5.78. The molecule has 2 aliphatic heterocycles. The van der Waals surface area contributed by atoms with E-state index in [4.69, 9.17) is 4.98 Å². The van der Waals surface area contributed by atoms with Crippen LogP contribution in [0.25, 0.3) is 0 Å². The number of fused-ring (bicyclic) bond motifs is 1. The number of carbonyl (C=O) groups excluding carboxylic acids is 1. The Kier molecular flexibility index (Phi) is 6.11. The van der Waals surface area contributed by atoms with Gasteiger partial charge in [-0.3, -0.25) is 9.78 Å². The molecule has 0 aromatic carbocycles. The van der Waals surface area contributed by atoms with Gasteiger partial charge in [0, 0.05) is 50.8 Å². The number of hydrogen-bond donors (Lipinski definition) is 2. The molecular formula is C22H27N5O3. The zero-order valence-corrected chi connectivity index (χ0v) is 17.0. The molecule has 0 saturated carbocycles. The fourth-order valence-corrected chi connectivity index (χ4v) is 4.10. The van der Waals surface area contributed by atoms with Crippen molar-refractivity contribution in [1.29, 1.82) is 0 Å². The van der Waals surface area contributed by atoms with Crippen LogP contribution in [0, 0.1) is 0 Å². The third kappa shape index (κ3) is 4.53. The van der Waals surface area contributed by atoms with Crippen LogP contribution in [0.3, 0.4) is 0 Å². The van der Waals surface area contributed by atoms with Gasteiger partial charge in [0.15, 0.2) is 0 Å². The highest BCUT2D eigenvalue weighted by atomic mass is 16.4. The van der Waals surface area contributed by atoms with Gasteiger partial charge in [0.05, 0.1) is 0 Å². The number of pyridine rings is 2. The highest BCUT2D eigenvalue weighted by Crippen LogP contribution is 2.22. The Morgan fingerprint density at radius 2 is 2.10 bits per heavy atom. The minimum absolute atomic E-state index is 0.0924. The SMILES string of the molecule is O=C(O)[C@H](CN1CCN(CCCc2ccc3c(n2)NCCC3)C1=O)c1cccnc1. The Balaban J connectivity index is 1.29. The predicted octanol–water partition coefficient (Wildman–Crippen LogP) is 2.37. The fraction of sp³-hybridized carbons (Fsp3) is 0.455. The van der Waals surface area contributed by atoms with Crippen molar-refractivity contribution in [2.45, 2.75) is 31.6 Å². The number of hydrogen-bond acceptors (Lipinski definition) is 5. The first-order chi connectivity index (χ1) is 14.6. The van der Waals surface area contributed by atoms with Gasteiger partial charge in [0.2, 0.25) is 0 Å². The molecule has 2 aliphatic rings. The highest BCUT2D eigenvalue weighted by molar-refractivity contribution is 5.80. The second-order valence-electron chi connectivity index (χ2n) is 7.84. The first kappa shape index (κ1) is 20.1. The van der Waals surface area contributed by atoms with E-state index in [9.17, 15) is 14.7 Å². The summed E-state index contributed by atoms with van der Waals surface area (Å²) in [6.07, 6.45) is 7.02. The van der Waals surface area contributed by atoms with Crippen LogP contribution in [0.5, 0.6) is 0 Å². The van der Waals surface area contributed by atoms with E-state index in [1.165, 1.54) is 5.56 Å². The minimum Gasteiger partial charge on any atom is -0.481 e. The molecule has 2 amide bonds. The van der Waals surface area contributed by atoms with Crippen molar-refractivity contribution in [2.24, 2.45) is 0 Å². The summed E-state index contributed by atoms with van der Waals surface area (Å²) in [5, 5.41) is 13.0.